The molecule has 8 nitrogen and oxygen atoms in total. The minimum Gasteiger partial charge on any atom is -0.461 e. The van der Waals surface area contributed by atoms with Gasteiger partial charge in [0.2, 0.25) is 11.7 Å². The molecule has 1 aliphatic heterocycles. The molecule has 0 saturated carbocycles. The number of halogens is 3. The molecule has 2 amide bonds. The Bertz CT molecular complexity index is 1520. The molecule has 0 N–H and O–H groups in total. The van der Waals surface area contributed by atoms with Crippen LogP contribution in [0.4, 0.5) is 13.2 Å². The standard InChI is InChI=1S/C28H26F3N5O3S/c1-18-7-3-4-10-22(18)36-25(23-11-6-14-39-23)32-33-27(36)40-17-24(37)34-12-13-35(19(2)16-34)26(38)20-8-5-9-21(15-20)28(29,30)31/h3-11,14-15,19H,12-13,16-17H2,1-2H3. The first kappa shape index (κ1) is 27.5. The third-order valence-electron chi connectivity index (χ3n) is 6.73. The Hall–Kier alpha value is -4.06. The molecule has 0 bridgehead atoms. The van der Waals surface area contributed by atoms with E-state index in [0.29, 0.717) is 16.7 Å². The summed E-state index contributed by atoms with van der Waals surface area (Å²) in [7, 11) is 0. The van der Waals surface area contributed by atoms with Gasteiger partial charge in [-0.3, -0.25) is 14.2 Å². The first-order valence-electron chi connectivity index (χ1n) is 12.6. The number of aromatic nitrogens is 3. The van der Waals surface area contributed by atoms with Crippen LogP contribution in [0.15, 0.2) is 76.5 Å². The molecule has 1 saturated heterocycles. The summed E-state index contributed by atoms with van der Waals surface area (Å²) in [4.78, 5) is 29.3. The zero-order chi connectivity index (χ0) is 28.4. The summed E-state index contributed by atoms with van der Waals surface area (Å²) >= 11 is 1.25. The smallest absolute Gasteiger partial charge is 0.416 e. The van der Waals surface area contributed by atoms with Crippen LogP contribution in [0, 0.1) is 6.92 Å². The van der Waals surface area contributed by atoms with E-state index in [4.69, 9.17) is 4.42 Å². The second-order valence-corrected chi connectivity index (χ2v) is 10.4. The van der Waals surface area contributed by atoms with Gasteiger partial charge in [0.1, 0.15) is 0 Å². The van der Waals surface area contributed by atoms with E-state index in [1.165, 1.54) is 28.8 Å². The summed E-state index contributed by atoms with van der Waals surface area (Å²) in [6, 6.07) is 15.4. The van der Waals surface area contributed by atoms with Crippen molar-refractivity contribution in [2.24, 2.45) is 0 Å². The largest absolute Gasteiger partial charge is 0.461 e. The number of nitrogens with zero attached hydrogens (tertiary/aromatic N) is 5. The van der Waals surface area contributed by atoms with E-state index in [-0.39, 0.29) is 42.9 Å². The SMILES string of the molecule is Cc1ccccc1-n1c(SCC(=O)N2CCN(C(=O)c3cccc(C(F)(F)F)c3)C(C)C2)nnc1-c1ccco1. The predicted molar refractivity (Wildman–Crippen MR) is 143 cm³/mol. The minimum absolute atomic E-state index is 0.0279. The van der Waals surface area contributed by atoms with Crippen LogP contribution in [0.3, 0.4) is 0 Å². The van der Waals surface area contributed by atoms with Crippen LogP contribution in [-0.2, 0) is 11.0 Å². The van der Waals surface area contributed by atoms with Gasteiger partial charge in [-0.1, -0.05) is 36.0 Å². The van der Waals surface area contributed by atoms with Crippen molar-refractivity contribution in [2.75, 3.05) is 25.4 Å². The van der Waals surface area contributed by atoms with Gasteiger partial charge in [-0.05, 0) is 55.8 Å². The number of hydrogen-bond acceptors (Lipinski definition) is 6. The van der Waals surface area contributed by atoms with E-state index in [2.05, 4.69) is 10.2 Å². The van der Waals surface area contributed by atoms with Gasteiger partial charge in [-0.15, -0.1) is 10.2 Å². The quantitative estimate of drug-likeness (QED) is 0.292. The van der Waals surface area contributed by atoms with E-state index in [1.807, 2.05) is 35.8 Å². The molecular formula is C28H26F3N5O3S. The topological polar surface area (TPSA) is 84.5 Å². The van der Waals surface area contributed by atoms with E-state index in [0.717, 1.165) is 23.4 Å². The lowest BCUT2D eigenvalue weighted by Crippen LogP contribution is -2.55. The van der Waals surface area contributed by atoms with Crippen molar-refractivity contribution in [1.29, 1.82) is 0 Å². The summed E-state index contributed by atoms with van der Waals surface area (Å²) in [6.45, 7) is 4.52. The molecule has 1 aliphatic rings. The fourth-order valence-electron chi connectivity index (χ4n) is 4.66. The van der Waals surface area contributed by atoms with Crippen molar-refractivity contribution in [3.05, 3.63) is 83.6 Å². The molecule has 0 aliphatic carbocycles. The molecule has 4 aromatic rings. The van der Waals surface area contributed by atoms with Crippen molar-refractivity contribution in [1.82, 2.24) is 24.6 Å². The van der Waals surface area contributed by atoms with Crippen molar-refractivity contribution in [3.63, 3.8) is 0 Å². The number of carbonyl (C=O) groups excluding carboxylic acids is 2. The van der Waals surface area contributed by atoms with Crippen molar-refractivity contribution in [3.8, 4) is 17.3 Å². The summed E-state index contributed by atoms with van der Waals surface area (Å²) in [6.07, 6.45) is -2.98. The average molecular weight is 570 g/mol. The second kappa shape index (κ2) is 11.2. The highest BCUT2D eigenvalue weighted by Crippen LogP contribution is 2.31. The van der Waals surface area contributed by atoms with Crippen LogP contribution >= 0.6 is 11.8 Å². The highest BCUT2D eigenvalue weighted by molar-refractivity contribution is 7.99. The van der Waals surface area contributed by atoms with Crippen molar-refractivity contribution in [2.45, 2.75) is 31.2 Å². The molecule has 40 heavy (non-hydrogen) atoms. The monoisotopic (exact) mass is 569 g/mol. The Kier molecular flexibility index (Phi) is 7.70. The van der Waals surface area contributed by atoms with Crippen LogP contribution in [0.2, 0.25) is 0 Å². The van der Waals surface area contributed by atoms with Gasteiger partial charge < -0.3 is 14.2 Å². The highest BCUT2D eigenvalue weighted by atomic mass is 32.2. The minimum atomic E-state index is -4.53. The lowest BCUT2D eigenvalue weighted by atomic mass is 10.1. The molecule has 208 valence electrons. The Morgan fingerprint density at radius 3 is 2.55 bits per heavy atom. The van der Waals surface area contributed by atoms with E-state index >= 15 is 0 Å². The molecule has 1 atom stereocenters. The molecular weight excluding hydrogens is 543 g/mol. The predicted octanol–water partition coefficient (Wildman–Crippen LogP) is 5.32. The number of piperazine rings is 1. The van der Waals surface area contributed by atoms with Gasteiger partial charge in [-0.2, -0.15) is 13.2 Å². The number of carbonyl (C=O) groups is 2. The Morgan fingerprint density at radius 2 is 1.85 bits per heavy atom. The summed E-state index contributed by atoms with van der Waals surface area (Å²) < 4.78 is 46.8. The van der Waals surface area contributed by atoms with Gasteiger partial charge in [0.15, 0.2) is 10.9 Å². The Balaban J connectivity index is 1.27. The third kappa shape index (κ3) is 5.62. The second-order valence-electron chi connectivity index (χ2n) is 9.46. The highest BCUT2D eigenvalue weighted by Gasteiger charge is 2.34. The maximum Gasteiger partial charge on any atom is 0.416 e. The molecule has 2 aromatic heterocycles. The maximum atomic E-state index is 13.2. The van der Waals surface area contributed by atoms with Gasteiger partial charge in [0.05, 0.1) is 23.3 Å². The van der Waals surface area contributed by atoms with Crippen molar-refractivity contribution < 1.29 is 27.2 Å². The number of alkyl halides is 3. The lowest BCUT2D eigenvalue weighted by Gasteiger charge is -2.40. The fraction of sp³-hybridized carbons (Fsp3) is 0.286. The third-order valence-corrected chi connectivity index (χ3v) is 7.65. The van der Waals surface area contributed by atoms with Crippen LogP contribution in [0.5, 0.6) is 0 Å². The number of amides is 2. The Morgan fingerprint density at radius 1 is 1.05 bits per heavy atom. The molecule has 0 spiro atoms. The summed E-state index contributed by atoms with van der Waals surface area (Å²) in [5.41, 5.74) is 0.966. The van der Waals surface area contributed by atoms with Crippen LogP contribution in [0.1, 0.15) is 28.4 Å². The fourth-order valence-corrected chi connectivity index (χ4v) is 5.51. The number of rotatable bonds is 6. The summed E-state index contributed by atoms with van der Waals surface area (Å²) in [5, 5.41) is 9.17. The van der Waals surface area contributed by atoms with Gasteiger partial charge >= 0.3 is 6.18 Å². The van der Waals surface area contributed by atoms with Crippen molar-refractivity contribution >= 4 is 23.6 Å². The van der Waals surface area contributed by atoms with E-state index in [1.54, 1.807) is 30.2 Å². The molecule has 3 heterocycles. The van der Waals surface area contributed by atoms with Gasteiger partial charge in [-0.25, -0.2) is 0 Å². The van der Waals surface area contributed by atoms with Crippen LogP contribution in [-0.4, -0.2) is 67.8 Å². The zero-order valence-electron chi connectivity index (χ0n) is 21.8. The first-order valence-corrected chi connectivity index (χ1v) is 13.6. The lowest BCUT2D eigenvalue weighted by molar-refractivity contribution is -0.137. The van der Waals surface area contributed by atoms with E-state index in [9.17, 15) is 22.8 Å². The number of furan rings is 1. The average Bonchev–Trinajstić information content (AvgIpc) is 3.61. The molecule has 12 heteroatoms. The normalized spacial score (nSPS) is 15.9. The van der Waals surface area contributed by atoms with Gasteiger partial charge in [0, 0.05) is 31.2 Å². The Labute approximate surface area is 232 Å². The molecule has 5 rings (SSSR count). The number of aryl methyl sites for hydroxylation is 1. The maximum absolute atomic E-state index is 13.2. The summed E-state index contributed by atoms with van der Waals surface area (Å²) in [5.74, 6) is 0.531. The zero-order valence-corrected chi connectivity index (χ0v) is 22.6. The molecule has 1 unspecified atom stereocenters. The number of benzene rings is 2. The molecule has 2 aromatic carbocycles. The van der Waals surface area contributed by atoms with Gasteiger partial charge in [0.25, 0.3) is 5.91 Å². The number of hydrogen-bond donors (Lipinski definition) is 0. The molecule has 1 fully saturated rings. The first-order chi connectivity index (χ1) is 19.1. The number of para-hydroxylation sites is 1. The van der Waals surface area contributed by atoms with Crippen LogP contribution in [0.25, 0.3) is 17.3 Å². The molecule has 0 radical (unpaired) electrons. The number of thioether (sulfide) groups is 1. The van der Waals surface area contributed by atoms with E-state index < -0.39 is 17.6 Å². The van der Waals surface area contributed by atoms with Crippen LogP contribution < -0.4 is 0 Å².